The van der Waals surface area contributed by atoms with Crippen LogP contribution in [0.25, 0.3) is 0 Å². The molecule has 3 rings (SSSR count). The first kappa shape index (κ1) is 18.6. The van der Waals surface area contributed by atoms with Gasteiger partial charge in [-0.2, -0.15) is 0 Å². The molecule has 1 unspecified atom stereocenters. The molecule has 26 heavy (non-hydrogen) atoms. The van der Waals surface area contributed by atoms with Crippen LogP contribution in [0.3, 0.4) is 0 Å². The Labute approximate surface area is 159 Å². The molecule has 1 atom stereocenters. The number of halogens is 1. The molecule has 0 saturated carbocycles. The summed E-state index contributed by atoms with van der Waals surface area (Å²) in [6.45, 7) is 4.95. The number of nitrogens with zero attached hydrogens (tertiary/aromatic N) is 1. The molecule has 5 heteroatoms. The van der Waals surface area contributed by atoms with Gasteiger partial charge in [0.1, 0.15) is 0 Å². The molecule has 0 bridgehead atoms. The van der Waals surface area contributed by atoms with Crippen LogP contribution < -0.4 is 9.47 Å². The van der Waals surface area contributed by atoms with E-state index in [9.17, 15) is 4.79 Å². The zero-order chi connectivity index (χ0) is 18.8. The molecular weight excluding hydrogens is 350 g/mol. The van der Waals surface area contributed by atoms with Gasteiger partial charge in [-0.05, 0) is 59.9 Å². The van der Waals surface area contributed by atoms with Gasteiger partial charge in [0, 0.05) is 17.1 Å². The minimum absolute atomic E-state index is 0.0123. The van der Waals surface area contributed by atoms with E-state index in [1.54, 1.807) is 38.5 Å². The van der Waals surface area contributed by atoms with Crippen LogP contribution in [0.1, 0.15) is 41.4 Å². The van der Waals surface area contributed by atoms with Crippen molar-refractivity contribution in [3.8, 4) is 11.5 Å². The molecule has 0 radical (unpaired) electrons. The largest absolute Gasteiger partial charge is 0.493 e. The summed E-state index contributed by atoms with van der Waals surface area (Å²) in [6.07, 6.45) is 0.790. The molecule has 4 nitrogen and oxygen atoms in total. The third-order valence-electron chi connectivity index (χ3n) is 4.91. The van der Waals surface area contributed by atoms with E-state index in [4.69, 9.17) is 21.1 Å². The first-order valence-electron chi connectivity index (χ1n) is 8.77. The van der Waals surface area contributed by atoms with Crippen LogP contribution in [0.5, 0.6) is 11.5 Å². The summed E-state index contributed by atoms with van der Waals surface area (Å²) in [5.74, 6) is 1.72. The Morgan fingerprint density at radius 1 is 1.12 bits per heavy atom. The van der Waals surface area contributed by atoms with Gasteiger partial charge in [-0.25, -0.2) is 0 Å². The average molecular weight is 374 g/mol. The summed E-state index contributed by atoms with van der Waals surface area (Å²) in [5.41, 5.74) is 3.00. The van der Waals surface area contributed by atoms with Gasteiger partial charge in [0.2, 0.25) is 0 Å². The first-order valence-corrected chi connectivity index (χ1v) is 9.15. The van der Waals surface area contributed by atoms with Crippen molar-refractivity contribution in [3.63, 3.8) is 0 Å². The van der Waals surface area contributed by atoms with Gasteiger partial charge < -0.3 is 14.4 Å². The highest BCUT2D eigenvalue weighted by Gasteiger charge is 2.34. The Kier molecular flexibility index (Phi) is 5.42. The lowest BCUT2D eigenvalue weighted by atomic mass is 9.85. The minimum Gasteiger partial charge on any atom is -0.493 e. The van der Waals surface area contributed by atoms with Gasteiger partial charge in [0.25, 0.3) is 5.91 Å². The van der Waals surface area contributed by atoms with Gasteiger partial charge in [-0.3, -0.25) is 4.79 Å². The molecular formula is C21H24ClNO3. The lowest BCUT2D eigenvalue weighted by Gasteiger charge is -2.40. The van der Waals surface area contributed by atoms with E-state index in [1.807, 2.05) is 17.0 Å². The summed E-state index contributed by atoms with van der Waals surface area (Å²) in [7, 11) is 3.28. The van der Waals surface area contributed by atoms with Crippen LogP contribution in [0.4, 0.5) is 0 Å². The predicted molar refractivity (Wildman–Crippen MR) is 103 cm³/mol. The first-order chi connectivity index (χ1) is 12.5. The summed E-state index contributed by atoms with van der Waals surface area (Å²) in [5, 5.41) is 0.628. The fourth-order valence-corrected chi connectivity index (χ4v) is 3.81. The number of methoxy groups -OCH3 is 2. The number of ether oxygens (including phenoxy) is 2. The van der Waals surface area contributed by atoms with Gasteiger partial charge in [-0.15, -0.1) is 0 Å². The maximum atomic E-state index is 13.1. The van der Waals surface area contributed by atoms with E-state index >= 15 is 0 Å². The van der Waals surface area contributed by atoms with Gasteiger partial charge in [-0.1, -0.05) is 25.4 Å². The Bertz CT molecular complexity index is 802. The van der Waals surface area contributed by atoms with Crippen LogP contribution in [-0.2, 0) is 6.42 Å². The highest BCUT2D eigenvalue weighted by Crippen LogP contribution is 2.41. The second kappa shape index (κ2) is 7.58. The number of hydrogen-bond donors (Lipinski definition) is 0. The Morgan fingerprint density at radius 3 is 2.31 bits per heavy atom. The highest BCUT2D eigenvalue weighted by atomic mass is 35.5. The van der Waals surface area contributed by atoms with Crippen molar-refractivity contribution < 1.29 is 14.3 Å². The summed E-state index contributed by atoms with van der Waals surface area (Å²) < 4.78 is 10.9. The van der Waals surface area contributed by atoms with E-state index in [2.05, 4.69) is 13.8 Å². The topological polar surface area (TPSA) is 38.8 Å². The molecule has 0 aromatic heterocycles. The number of hydrogen-bond acceptors (Lipinski definition) is 3. The van der Waals surface area contributed by atoms with Gasteiger partial charge in [0.15, 0.2) is 11.5 Å². The smallest absolute Gasteiger partial charge is 0.254 e. The molecule has 0 fully saturated rings. The van der Waals surface area contributed by atoms with E-state index in [-0.39, 0.29) is 17.9 Å². The standard InChI is InChI=1S/C21H24ClNO3/c1-13(2)20-17-12-19(26-4)18(25-3)11-15(17)9-10-23(20)21(24)14-5-7-16(22)8-6-14/h5-8,11-13,20H,9-10H2,1-4H3. The summed E-state index contributed by atoms with van der Waals surface area (Å²) in [4.78, 5) is 15.1. The van der Waals surface area contributed by atoms with E-state index in [1.165, 1.54) is 5.56 Å². The Hall–Kier alpha value is -2.20. The molecule has 0 N–H and O–H groups in total. The van der Waals surface area contributed by atoms with Gasteiger partial charge >= 0.3 is 0 Å². The van der Waals surface area contributed by atoms with Crippen LogP contribution in [-0.4, -0.2) is 31.6 Å². The van der Waals surface area contributed by atoms with Crippen molar-refractivity contribution in [3.05, 3.63) is 58.1 Å². The molecule has 0 saturated heterocycles. The molecule has 1 aliphatic rings. The monoisotopic (exact) mass is 373 g/mol. The van der Waals surface area contributed by atoms with Crippen LogP contribution >= 0.6 is 11.6 Å². The number of benzene rings is 2. The third-order valence-corrected chi connectivity index (χ3v) is 5.16. The normalized spacial score (nSPS) is 16.4. The lowest BCUT2D eigenvalue weighted by Crippen LogP contribution is -2.42. The second-order valence-corrected chi connectivity index (χ2v) is 7.29. The summed E-state index contributed by atoms with van der Waals surface area (Å²) in [6, 6.07) is 11.1. The number of carbonyl (C=O) groups excluding carboxylic acids is 1. The predicted octanol–water partition coefficient (Wildman–Crippen LogP) is 4.75. The molecule has 1 heterocycles. The highest BCUT2D eigenvalue weighted by molar-refractivity contribution is 6.30. The zero-order valence-electron chi connectivity index (χ0n) is 15.6. The molecule has 0 spiro atoms. The SMILES string of the molecule is COc1cc2c(cc1OC)C(C(C)C)N(C(=O)c1ccc(Cl)cc1)CC2. The fraction of sp³-hybridized carbons (Fsp3) is 0.381. The maximum Gasteiger partial charge on any atom is 0.254 e. The maximum absolute atomic E-state index is 13.1. The molecule has 2 aromatic rings. The summed E-state index contributed by atoms with van der Waals surface area (Å²) >= 11 is 5.96. The van der Waals surface area contributed by atoms with Crippen LogP contribution in [0.15, 0.2) is 36.4 Å². The van der Waals surface area contributed by atoms with Crippen molar-refractivity contribution in [2.75, 3.05) is 20.8 Å². The number of fused-ring (bicyclic) bond motifs is 1. The van der Waals surface area contributed by atoms with Gasteiger partial charge in [0.05, 0.1) is 20.3 Å². The third kappa shape index (κ3) is 3.38. The second-order valence-electron chi connectivity index (χ2n) is 6.85. The van der Waals surface area contributed by atoms with E-state index in [0.29, 0.717) is 22.9 Å². The quantitative estimate of drug-likeness (QED) is 0.776. The zero-order valence-corrected chi connectivity index (χ0v) is 16.3. The Morgan fingerprint density at radius 2 is 1.73 bits per heavy atom. The lowest BCUT2D eigenvalue weighted by molar-refractivity contribution is 0.0603. The molecule has 138 valence electrons. The molecule has 1 aliphatic heterocycles. The van der Waals surface area contributed by atoms with Crippen molar-refractivity contribution >= 4 is 17.5 Å². The minimum atomic E-state index is -0.0123. The van der Waals surface area contributed by atoms with Crippen LogP contribution in [0, 0.1) is 5.92 Å². The molecule has 0 aliphatic carbocycles. The average Bonchev–Trinajstić information content (AvgIpc) is 2.65. The van der Waals surface area contributed by atoms with Crippen LogP contribution in [0.2, 0.25) is 5.02 Å². The van der Waals surface area contributed by atoms with Crippen molar-refractivity contribution in [2.45, 2.75) is 26.3 Å². The Balaban J connectivity index is 2.02. The number of rotatable bonds is 4. The van der Waals surface area contributed by atoms with Crippen molar-refractivity contribution in [1.29, 1.82) is 0 Å². The fourth-order valence-electron chi connectivity index (χ4n) is 3.68. The molecule has 2 aromatic carbocycles. The number of amides is 1. The van der Waals surface area contributed by atoms with Crippen molar-refractivity contribution in [2.24, 2.45) is 5.92 Å². The molecule has 1 amide bonds. The number of carbonyl (C=O) groups is 1. The van der Waals surface area contributed by atoms with Crippen molar-refractivity contribution in [1.82, 2.24) is 4.90 Å². The van der Waals surface area contributed by atoms with E-state index in [0.717, 1.165) is 17.7 Å². The van der Waals surface area contributed by atoms with E-state index < -0.39 is 0 Å².